The van der Waals surface area contributed by atoms with E-state index in [1.165, 1.54) is 24.3 Å². The molecule has 16 nitrogen and oxygen atoms in total. The van der Waals surface area contributed by atoms with Crippen molar-refractivity contribution in [2.45, 2.75) is 12.2 Å². The lowest BCUT2D eigenvalue weighted by molar-refractivity contribution is -0.137. The molecule has 1 heterocycles. The van der Waals surface area contributed by atoms with Crippen LogP contribution in [0.5, 0.6) is 0 Å². The third-order valence-corrected chi connectivity index (χ3v) is 7.63. The fraction of sp³-hybridized carbons (Fsp3) is 0.0541. The number of pyridine rings is 1. The zero-order valence-corrected chi connectivity index (χ0v) is 29.7. The third-order valence-electron chi connectivity index (χ3n) is 6.91. The number of aliphatic carboxylic acids is 2. The van der Waals surface area contributed by atoms with Crippen molar-refractivity contribution in [3.8, 4) is 5.69 Å². The zero-order chi connectivity index (χ0) is 40.1. The lowest BCUT2D eigenvalue weighted by Gasteiger charge is -2.21. The standard InChI is InChI=1S/C14H10INO3.C13H9NO5.C10H10O6/c15-9-5-7-10(8-6-9)16-13(17)11-3-1-2-4-12(11)14(18)19;15-9-6-10(12(16)17)14(11(7-9)13(18)19)8-4-2-1-3-5-8;1-5(9(12)13)16-8-4-6(10(14)15)2-3-7(8)11/h1-8H,(H,16,17)(H,18,19);1-7H,(H,16,17)(H,18,19);2-4,7-8,11H,1H2,(H,12,13)(H,14,15)/t;;7-,8-/m..1/s1. The lowest BCUT2D eigenvalue weighted by atomic mass is 10.0. The van der Waals surface area contributed by atoms with Gasteiger partial charge in [0.15, 0.2) is 11.2 Å². The van der Waals surface area contributed by atoms with E-state index in [1.807, 2.05) is 12.1 Å². The molecule has 0 saturated heterocycles. The minimum atomic E-state index is -1.37. The molecular formula is C37H29IN2O14. The number of anilines is 1. The molecule has 0 bridgehead atoms. The summed E-state index contributed by atoms with van der Waals surface area (Å²) in [6.07, 6.45) is 1.40. The largest absolute Gasteiger partial charge is 0.478 e. The highest BCUT2D eigenvalue weighted by Crippen LogP contribution is 2.18. The van der Waals surface area contributed by atoms with Gasteiger partial charge in [0.05, 0.1) is 16.7 Å². The Hall–Kier alpha value is -6.86. The van der Waals surface area contributed by atoms with Crippen molar-refractivity contribution in [2.75, 3.05) is 5.32 Å². The quantitative estimate of drug-likeness (QED) is 0.0663. The van der Waals surface area contributed by atoms with E-state index >= 15 is 0 Å². The average molecular weight is 853 g/mol. The molecule has 0 radical (unpaired) electrons. The fourth-order valence-electron chi connectivity index (χ4n) is 4.44. The number of carboxylic acids is 5. The molecule has 17 heteroatoms. The maximum atomic E-state index is 12.0. The molecule has 0 aliphatic heterocycles. The van der Waals surface area contributed by atoms with E-state index in [9.17, 15) is 38.7 Å². The molecule has 1 aromatic heterocycles. The van der Waals surface area contributed by atoms with E-state index in [1.54, 1.807) is 54.6 Å². The molecule has 3 aromatic carbocycles. The summed E-state index contributed by atoms with van der Waals surface area (Å²) in [4.78, 5) is 77.9. The smallest absolute Gasteiger partial charge is 0.370 e. The number of rotatable bonds is 10. The van der Waals surface area contributed by atoms with Crippen molar-refractivity contribution in [2.24, 2.45) is 0 Å². The summed E-state index contributed by atoms with van der Waals surface area (Å²) in [6.45, 7) is 3.12. The molecule has 0 spiro atoms. The molecule has 0 saturated carbocycles. The number of hydrogen-bond acceptors (Lipinski definition) is 9. The monoisotopic (exact) mass is 852 g/mol. The van der Waals surface area contributed by atoms with Gasteiger partial charge >= 0.3 is 29.8 Å². The van der Waals surface area contributed by atoms with Gasteiger partial charge in [-0.1, -0.05) is 36.4 Å². The van der Waals surface area contributed by atoms with Gasteiger partial charge in [-0.2, -0.15) is 0 Å². The molecule has 54 heavy (non-hydrogen) atoms. The average Bonchev–Trinajstić information content (AvgIpc) is 3.13. The van der Waals surface area contributed by atoms with Gasteiger partial charge < -0.3 is 40.7 Å². The number of carboxylic acid groups (broad SMARTS) is 5. The molecule has 0 fully saturated rings. The number of hydrogen-bond donors (Lipinski definition) is 7. The van der Waals surface area contributed by atoms with E-state index in [2.05, 4.69) is 34.5 Å². The number of ether oxygens (including phenoxy) is 1. The molecular weight excluding hydrogens is 823 g/mol. The van der Waals surface area contributed by atoms with Crippen LogP contribution < -0.4 is 10.7 Å². The number of para-hydroxylation sites is 1. The van der Waals surface area contributed by atoms with Gasteiger partial charge in [-0.05, 0) is 89.9 Å². The molecule has 1 amide bonds. The molecule has 4 aromatic rings. The number of nitrogens with zero attached hydrogens (tertiary/aromatic N) is 1. The van der Waals surface area contributed by atoms with Gasteiger partial charge in [-0.3, -0.25) is 14.2 Å². The number of aliphatic hydroxyl groups is 1. The van der Waals surface area contributed by atoms with Crippen LogP contribution in [0.4, 0.5) is 5.69 Å². The summed E-state index contributed by atoms with van der Waals surface area (Å²) in [5.41, 5.74) is -0.398. The van der Waals surface area contributed by atoms with E-state index in [-0.39, 0.29) is 16.7 Å². The maximum Gasteiger partial charge on any atom is 0.370 e. The fourth-order valence-corrected chi connectivity index (χ4v) is 4.80. The van der Waals surface area contributed by atoms with E-state index in [0.29, 0.717) is 11.4 Å². The van der Waals surface area contributed by atoms with Crippen LogP contribution in [0, 0.1) is 3.57 Å². The van der Waals surface area contributed by atoms with Gasteiger partial charge in [-0.25, -0.2) is 24.0 Å². The summed E-state index contributed by atoms with van der Waals surface area (Å²) in [5.74, 6) is -7.40. The van der Waals surface area contributed by atoms with Gasteiger partial charge in [-0.15, -0.1) is 0 Å². The molecule has 0 unspecified atom stereocenters. The Balaban J connectivity index is 0.000000219. The first-order chi connectivity index (χ1) is 25.5. The van der Waals surface area contributed by atoms with E-state index < -0.39 is 70.5 Å². The van der Waals surface area contributed by atoms with Crippen molar-refractivity contribution in [1.82, 2.24) is 4.57 Å². The number of nitrogens with one attached hydrogen (secondary N) is 1. The van der Waals surface area contributed by atoms with Crippen molar-refractivity contribution in [3.05, 3.63) is 163 Å². The van der Waals surface area contributed by atoms with Crippen LogP contribution in [0.15, 0.2) is 132 Å². The van der Waals surface area contributed by atoms with Crippen LogP contribution in [0.25, 0.3) is 5.69 Å². The normalized spacial score (nSPS) is 14.0. The number of carbonyl (C=O) groups excluding carboxylic acids is 1. The molecule has 2 atom stereocenters. The van der Waals surface area contributed by atoms with Gasteiger partial charge in [0.2, 0.25) is 0 Å². The van der Waals surface area contributed by atoms with E-state index in [4.69, 9.17) is 30.3 Å². The first kappa shape index (κ1) is 41.6. The lowest BCUT2D eigenvalue weighted by Crippen LogP contribution is -2.29. The van der Waals surface area contributed by atoms with Crippen molar-refractivity contribution in [3.63, 3.8) is 0 Å². The van der Waals surface area contributed by atoms with Crippen LogP contribution in [0.3, 0.4) is 0 Å². The number of carbonyl (C=O) groups is 6. The first-order valence-electron chi connectivity index (χ1n) is 15.1. The highest BCUT2D eigenvalue weighted by molar-refractivity contribution is 14.1. The van der Waals surface area contributed by atoms with Crippen LogP contribution >= 0.6 is 22.6 Å². The van der Waals surface area contributed by atoms with E-state index in [0.717, 1.165) is 26.3 Å². The number of halogens is 1. The number of amides is 1. The molecule has 1 aliphatic carbocycles. The minimum absolute atomic E-state index is 0.00879. The Bertz CT molecular complexity index is 2170. The molecule has 5 rings (SSSR count). The van der Waals surface area contributed by atoms with Gasteiger partial charge in [0, 0.05) is 27.1 Å². The minimum Gasteiger partial charge on any atom is -0.478 e. The third kappa shape index (κ3) is 11.6. The number of aromatic carboxylic acids is 3. The van der Waals surface area contributed by atoms with Crippen LogP contribution in [0.2, 0.25) is 0 Å². The first-order valence-corrected chi connectivity index (χ1v) is 16.2. The Morgan fingerprint density at radius 1 is 0.722 bits per heavy atom. The second-order valence-electron chi connectivity index (χ2n) is 10.6. The summed E-state index contributed by atoms with van der Waals surface area (Å²) >= 11 is 2.17. The summed E-state index contributed by atoms with van der Waals surface area (Å²) < 4.78 is 6.89. The molecule has 1 aliphatic rings. The summed E-state index contributed by atoms with van der Waals surface area (Å²) in [5, 5.41) is 56.5. The van der Waals surface area contributed by atoms with Crippen molar-refractivity contribution >= 4 is 64.0 Å². The zero-order valence-electron chi connectivity index (χ0n) is 27.5. The van der Waals surface area contributed by atoms with Gasteiger partial charge in [0.1, 0.15) is 23.6 Å². The SMILES string of the molecule is C=C(O[C@@H]1C=C(C(=O)O)C=C[C@H]1O)C(=O)O.O=C(O)c1cc(=O)cc(C(=O)O)n1-c1ccccc1.O=C(O)c1ccccc1C(=O)Nc1ccc(I)cc1. The van der Waals surface area contributed by atoms with Crippen molar-refractivity contribution < 1.29 is 64.1 Å². The molecule has 278 valence electrons. The Morgan fingerprint density at radius 2 is 1.26 bits per heavy atom. The second-order valence-corrected chi connectivity index (χ2v) is 11.9. The Kier molecular flexibility index (Phi) is 14.7. The van der Waals surface area contributed by atoms with Crippen LogP contribution in [0.1, 0.15) is 41.7 Å². The Labute approximate surface area is 318 Å². The second kappa shape index (κ2) is 19.1. The number of aromatic nitrogens is 1. The number of aliphatic hydroxyl groups excluding tert-OH is 1. The highest BCUT2D eigenvalue weighted by Gasteiger charge is 2.25. The summed E-state index contributed by atoms with van der Waals surface area (Å²) in [7, 11) is 0. The van der Waals surface area contributed by atoms with Gasteiger partial charge in [0.25, 0.3) is 5.91 Å². The topological polar surface area (TPSA) is 267 Å². The van der Waals surface area contributed by atoms with Crippen molar-refractivity contribution in [1.29, 1.82) is 0 Å². The van der Waals surface area contributed by atoms with Crippen LogP contribution in [-0.2, 0) is 14.3 Å². The van der Waals surface area contributed by atoms with Crippen LogP contribution in [-0.4, -0.2) is 83.2 Å². The number of benzene rings is 3. The summed E-state index contributed by atoms with van der Waals surface area (Å²) in [6, 6.07) is 23.3. The Morgan fingerprint density at radius 3 is 1.76 bits per heavy atom. The molecule has 7 N–H and O–H groups in total. The predicted molar refractivity (Wildman–Crippen MR) is 199 cm³/mol. The predicted octanol–water partition coefficient (Wildman–Crippen LogP) is 4.39. The maximum absolute atomic E-state index is 12.0. The highest BCUT2D eigenvalue weighted by atomic mass is 127.